The molecular formula is C19H25ClN2O. The molecule has 4 heteroatoms. The number of hydrogen-bond acceptors (Lipinski definition) is 2. The fourth-order valence-electron chi connectivity index (χ4n) is 3.31. The molecule has 0 unspecified atom stereocenters. The molecule has 2 aromatic rings. The molecule has 1 fully saturated rings. The first-order valence-electron chi connectivity index (χ1n) is 8.16. The SMILES string of the molecule is CNCC1CCN(C(=O)Cc2ccc3ccccc3c2)CC1.Cl. The number of halogens is 1. The third-order valence-corrected chi connectivity index (χ3v) is 4.63. The molecule has 1 amide bonds. The molecule has 1 heterocycles. The third-order valence-electron chi connectivity index (χ3n) is 4.63. The van der Waals surface area contributed by atoms with E-state index in [2.05, 4.69) is 35.6 Å². The van der Waals surface area contributed by atoms with Gasteiger partial charge in [0.2, 0.25) is 5.91 Å². The minimum Gasteiger partial charge on any atom is -0.342 e. The number of amides is 1. The maximum Gasteiger partial charge on any atom is 0.226 e. The predicted octanol–water partition coefficient (Wildman–Crippen LogP) is 3.26. The van der Waals surface area contributed by atoms with Gasteiger partial charge in [-0.3, -0.25) is 4.79 Å². The van der Waals surface area contributed by atoms with E-state index in [-0.39, 0.29) is 18.3 Å². The van der Waals surface area contributed by atoms with Crippen LogP contribution in [0, 0.1) is 5.92 Å². The van der Waals surface area contributed by atoms with Crippen LogP contribution in [0.4, 0.5) is 0 Å². The molecule has 0 spiro atoms. The van der Waals surface area contributed by atoms with Gasteiger partial charge in [-0.25, -0.2) is 0 Å². The normalized spacial score (nSPS) is 15.4. The first-order valence-corrected chi connectivity index (χ1v) is 8.16. The van der Waals surface area contributed by atoms with Crippen LogP contribution in [0.25, 0.3) is 10.8 Å². The van der Waals surface area contributed by atoms with Crippen molar-refractivity contribution in [3.05, 3.63) is 48.0 Å². The minimum atomic E-state index is 0. The number of rotatable bonds is 4. The summed E-state index contributed by atoms with van der Waals surface area (Å²) < 4.78 is 0. The first-order chi connectivity index (χ1) is 10.8. The Morgan fingerprint density at radius 3 is 2.52 bits per heavy atom. The molecule has 3 rings (SSSR count). The van der Waals surface area contributed by atoms with Crippen LogP contribution in [0.2, 0.25) is 0 Å². The zero-order chi connectivity index (χ0) is 15.4. The highest BCUT2D eigenvalue weighted by Gasteiger charge is 2.22. The quantitative estimate of drug-likeness (QED) is 0.932. The molecule has 0 saturated carbocycles. The van der Waals surface area contributed by atoms with Crippen molar-refractivity contribution in [2.75, 3.05) is 26.7 Å². The molecule has 124 valence electrons. The van der Waals surface area contributed by atoms with Gasteiger partial charge in [-0.2, -0.15) is 0 Å². The highest BCUT2D eigenvalue weighted by molar-refractivity contribution is 5.86. The Morgan fingerprint density at radius 2 is 1.83 bits per heavy atom. The number of hydrogen-bond donors (Lipinski definition) is 1. The Labute approximate surface area is 144 Å². The number of piperidine rings is 1. The van der Waals surface area contributed by atoms with Crippen LogP contribution in [0.1, 0.15) is 18.4 Å². The fourth-order valence-corrected chi connectivity index (χ4v) is 3.31. The van der Waals surface area contributed by atoms with Gasteiger partial charge in [-0.1, -0.05) is 42.5 Å². The van der Waals surface area contributed by atoms with E-state index in [0.717, 1.165) is 44.0 Å². The van der Waals surface area contributed by atoms with Gasteiger partial charge >= 0.3 is 0 Å². The van der Waals surface area contributed by atoms with E-state index >= 15 is 0 Å². The van der Waals surface area contributed by atoms with Crippen LogP contribution in [-0.2, 0) is 11.2 Å². The lowest BCUT2D eigenvalue weighted by Gasteiger charge is -2.32. The number of likely N-dealkylation sites (tertiary alicyclic amines) is 1. The molecule has 0 aliphatic carbocycles. The maximum absolute atomic E-state index is 12.5. The highest BCUT2D eigenvalue weighted by Crippen LogP contribution is 2.19. The zero-order valence-corrected chi connectivity index (χ0v) is 14.4. The molecule has 1 aliphatic rings. The number of nitrogens with zero attached hydrogens (tertiary/aromatic N) is 1. The lowest BCUT2D eigenvalue weighted by Crippen LogP contribution is -2.41. The Hall–Kier alpha value is -1.58. The number of fused-ring (bicyclic) bond motifs is 1. The minimum absolute atomic E-state index is 0. The summed E-state index contributed by atoms with van der Waals surface area (Å²) in [6, 6.07) is 14.6. The summed E-state index contributed by atoms with van der Waals surface area (Å²) >= 11 is 0. The van der Waals surface area contributed by atoms with Crippen LogP contribution < -0.4 is 5.32 Å². The summed E-state index contributed by atoms with van der Waals surface area (Å²) in [7, 11) is 2.00. The molecule has 1 aliphatic heterocycles. The van der Waals surface area contributed by atoms with Crippen molar-refractivity contribution >= 4 is 29.1 Å². The summed E-state index contributed by atoms with van der Waals surface area (Å²) in [6.07, 6.45) is 2.75. The molecular weight excluding hydrogens is 308 g/mol. The predicted molar refractivity (Wildman–Crippen MR) is 98.1 cm³/mol. The van der Waals surface area contributed by atoms with Crippen molar-refractivity contribution in [2.45, 2.75) is 19.3 Å². The topological polar surface area (TPSA) is 32.3 Å². The molecule has 3 nitrogen and oxygen atoms in total. The highest BCUT2D eigenvalue weighted by atomic mass is 35.5. The third kappa shape index (κ3) is 4.46. The van der Waals surface area contributed by atoms with E-state index < -0.39 is 0 Å². The lowest BCUT2D eigenvalue weighted by atomic mass is 9.96. The number of carbonyl (C=O) groups is 1. The number of carbonyl (C=O) groups excluding carboxylic acids is 1. The fraction of sp³-hybridized carbons (Fsp3) is 0.421. The second-order valence-electron chi connectivity index (χ2n) is 6.24. The van der Waals surface area contributed by atoms with Gasteiger partial charge in [0.15, 0.2) is 0 Å². The van der Waals surface area contributed by atoms with E-state index in [0.29, 0.717) is 6.42 Å². The smallest absolute Gasteiger partial charge is 0.226 e. The van der Waals surface area contributed by atoms with Crippen LogP contribution in [0.3, 0.4) is 0 Å². The molecule has 23 heavy (non-hydrogen) atoms. The number of nitrogens with one attached hydrogen (secondary N) is 1. The van der Waals surface area contributed by atoms with E-state index in [1.54, 1.807) is 0 Å². The summed E-state index contributed by atoms with van der Waals surface area (Å²) in [4.78, 5) is 14.5. The molecule has 0 radical (unpaired) electrons. The summed E-state index contributed by atoms with van der Waals surface area (Å²) in [5.41, 5.74) is 1.11. The van der Waals surface area contributed by atoms with Crippen LogP contribution in [0.15, 0.2) is 42.5 Å². The molecule has 1 saturated heterocycles. The van der Waals surface area contributed by atoms with Gasteiger partial charge in [0, 0.05) is 13.1 Å². The first kappa shape index (κ1) is 17.8. The maximum atomic E-state index is 12.5. The van der Waals surface area contributed by atoms with Crippen LogP contribution >= 0.6 is 12.4 Å². The lowest BCUT2D eigenvalue weighted by molar-refractivity contribution is -0.131. The van der Waals surface area contributed by atoms with Crippen LogP contribution in [-0.4, -0.2) is 37.5 Å². The Morgan fingerprint density at radius 1 is 1.13 bits per heavy atom. The molecule has 0 atom stereocenters. The molecule has 0 aromatic heterocycles. The van der Waals surface area contributed by atoms with Gasteiger partial charge < -0.3 is 10.2 Å². The Kier molecular flexibility index (Phi) is 6.43. The van der Waals surface area contributed by atoms with Crippen molar-refractivity contribution < 1.29 is 4.79 Å². The van der Waals surface area contributed by atoms with Gasteiger partial charge in [0.1, 0.15) is 0 Å². The summed E-state index contributed by atoms with van der Waals surface area (Å²) in [6.45, 7) is 2.87. The Bertz CT molecular complexity index is 651. The van der Waals surface area contributed by atoms with Crippen molar-refractivity contribution in [1.29, 1.82) is 0 Å². The van der Waals surface area contributed by atoms with Crippen molar-refractivity contribution in [3.63, 3.8) is 0 Å². The van der Waals surface area contributed by atoms with Gasteiger partial charge in [-0.15, -0.1) is 12.4 Å². The summed E-state index contributed by atoms with van der Waals surface area (Å²) in [5, 5.41) is 5.67. The van der Waals surface area contributed by atoms with Gasteiger partial charge in [-0.05, 0) is 48.7 Å². The Balaban J connectivity index is 0.00000192. The van der Waals surface area contributed by atoms with E-state index in [9.17, 15) is 4.79 Å². The van der Waals surface area contributed by atoms with E-state index in [4.69, 9.17) is 0 Å². The molecule has 0 bridgehead atoms. The van der Waals surface area contributed by atoms with Crippen molar-refractivity contribution in [1.82, 2.24) is 10.2 Å². The summed E-state index contributed by atoms with van der Waals surface area (Å²) in [5.74, 6) is 0.980. The van der Waals surface area contributed by atoms with Crippen molar-refractivity contribution in [3.8, 4) is 0 Å². The second kappa shape index (κ2) is 8.32. The van der Waals surface area contributed by atoms with Gasteiger partial charge in [0.25, 0.3) is 0 Å². The van der Waals surface area contributed by atoms with Crippen LogP contribution in [0.5, 0.6) is 0 Å². The largest absolute Gasteiger partial charge is 0.342 e. The number of benzene rings is 2. The molecule has 1 N–H and O–H groups in total. The van der Waals surface area contributed by atoms with E-state index in [1.165, 1.54) is 10.8 Å². The second-order valence-corrected chi connectivity index (χ2v) is 6.24. The van der Waals surface area contributed by atoms with E-state index in [1.807, 2.05) is 24.1 Å². The molecule has 2 aromatic carbocycles. The van der Waals surface area contributed by atoms with Gasteiger partial charge in [0.05, 0.1) is 6.42 Å². The average Bonchev–Trinajstić information content (AvgIpc) is 2.56. The standard InChI is InChI=1S/C19H24N2O.ClH/c1-20-14-15-8-10-21(11-9-15)19(22)13-16-6-7-17-4-2-3-5-18(17)12-16;/h2-7,12,15,20H,8-11,13-14H2,1H3;1H. The average molecular weight is 333 g/mol. The zero-order valence-electron chi connectivity index (χ0n) is 13.6. The monoisotopic (exact) mass is 332 g/mol. The van der Waals surface area contributed by atoms with Crippen molar-refractivity contribution in [2.24, 2.45) is 5.92 Å².